The monoisotopic (exact) mass is 460 g/mol. The highest BCUT2D eigenvalue weighted by Crippen LogP contribution is 2.28. The molecule has 8 heteroatoms. The van der Waals surface area contributed by atoms with E-state index in [0.717, 1.165) is 23.8 Å². The molecule has 0 radical (unpaired) electrons. The molecule has 0 N–H and O–H groups in total. The van der Waals surface area contributed by atoms with E-state index >= 15 is 0 Å². The highest BCUT2D eigenvalue weighted by atomic mass is 19.2. The molecule has 0 unspecified atom stereocenters. The lowest BCUT2D eigenvalue weighted by atomic mass is 9.99. The summed E-state index contributed by atoms with van der Waals surface area (Å²) < 4.78 is 66.1. The van der Waals surface area contributed by atoms with E-state index in [1.165, 1.54) is 11.6 Å². The highest BCUT2D eigenvalue weighted by molar-refractivity contribution is 5.95. The third-order valence-corrected chi connectivity index (χ3v) is 5.28. The molecule has 3 rings (SSSR count). The van der Waals surface area contributed by atoms with Gasteiger partial charge in [0.15, 0.2) is 23.3 Å². The molecule has 3 aromatic rings. The predicted octanol–water partition coefficient (Wildman–Crippen LogP) is 5.76. The first kappa shape index (κ1) is 24.0. The number of halogens is 4. The summed E-state index contributed by atoms with van der Waals surface area (Å²) in [6.07, 6.45) is 0.602. The molecule has 0 heterocycles. The largest absolute Gasteiger partial charge is 0.465 e. The molecule has 33 heavy (non-hydrogen) atoms. The number of hydrogen-bond donors (Lipinski definition) is 0. The minimum absolute atomic E-state index is 0.0412. The normalized spacial score (nSPS) is 10.8. The molecular formula is C25H20F4O4. The zero-order valence-electron chi connectivity index (χ0n) is 18.3. The Hall–Kier alpha value is -3.68. The quantitative estimate of drug-likeness (QED) is 0.210. The standard InChI is InChI=1S/C25H20F4O4/c1-12-5-6-15(9-13(12)2)11-16-7-8-17(14(3)10-16)33-25(31)19-22(28)20(26)18(24(30)32-4)21(27)23(19)29/h5-10H,11H2,1-4H3. The van der Waals surface area contributed by atoms with Crippen molar-refractivity contribution >= 4 is 11.9 Å². The lowest BCUT2D eigenvalue weighted by Gasteiger charge is -2.13. The molecule has 172 valence electrons. The molecule has 3 aromatic carbocycles. The third-order valence-electron chi connectivity index (χ3n) is 5.28. The van der Waals surface area contributed by atoms with Crippen LogP contribution in [-0.4, -0.2) is 19.0 Å². The van der Waals surface area contributed by atoms with E-state index < -0.39 is 46.3 Å². The van der Waals surface area contributed by atoms with Gasteiger partial charge in [-0.2, -0.15) is 0 Å². The van der Waals surface area contributed by atoms with E-state index in [1.807, 2.05) is 26.0 Å². The van der Waals surface area contributed by atoms with Gasteiger partial charge in [0, 0.05) is 0 Å². The summed E-state index contributed by atoms with van der Waals surface area (Å²) in [5.74, 6) is -11.5. The lowest BCUT2D eigenvalue weighted by molar-refractivity contribution is 0.0583. The van der Waals surface area contributed by atoms with Crippen LogP contribution in [0.1, 0.15) is 48.5 Å². The summed E-state index contributed by atoms with van der Waals surface area (Å²) in [7, 11) is 0.783. The van der Waals surface area contributed by atoms with Crippen LogP contribution in [0.4, 0.5) is 17.6 Å². The van der Waals surface area contributed by atoms with Crippen LogP contribution in [0.3, 0.4) is 0 Å². The van der Waals surface area contributed by atoms with Crippen LogP contribution in [0.25, 0.3) is 0 Å². The molecule has 0 amide bonds. The van der Waals surface area contributed by atoms with Crippen molar-refractivity contribution in [2.24, 2.45) is 0 Å². The Morgan fingerprint density at radius 3 is 1.67 bits per heavy atom. The first-order chi connectivity index (χ1) is 15.5. The fraction of sp³-hybridized carbons (Fsp3) is 0.200. The molecule has 0 aliphatic heterocycles. The number of carbonyl (C=O) groups is 2. The maximum atomic E-state index is 14.3. The minimum atomic E-state index is -2.05. The second-order valence-corrected chi connectivity index (χ2v) is 7.58. The smallest absolute Gasteiger partial charge is 0.349 e. The summed E-state index contributed by atoms with van der Waals surface area (Å²) >= 11 is 0. The van der Waals surface area contributed by atoms with Crippen LogP contribution in [0.2, 0.25) is 0 Å². The van der Waals surface area contributed by atoms with Crippen molar-refractivity contribution in [3.05, 3.63) is 98.6 Å². The Kier molecular flexibility index (Phi) is 6.86. The number of methoxy groups -OCH3 is 1. The zero-order valence-corrected chi connectivity index (χ0v) is 18.3. The predicted molar refractivity (Wildman–Crippen MR) is 112 cm³/mol. The van der Waals surface area contributed by atoms with Crippen molar-refractivity contribution in [1.82, 2.24) is 0 Å². The SMILES string of the molecule is COC(=O)c1c(F)c(F)c(C(=O)Oc2ccc(Cc3ccc(C)c(C)c3)cc2C)c(F)c1F. The molecule has 4 nitrogen and oxygen atoms in total. The van der Waals surface area contributed by atoms with Crippen LogP contribution in [0.5, 0.6) is 5.75 Å². The average molecular weight is 460 g/mol. The van der Waals surface area contributed by atoms with Gasteiger partial charge in [-0.1, -0.05) is 30.3 Å². The minimum Gasteiger partial charge on any atom is -0.465 e. The zero-order chi connectivity index (χ0) is 24.4. The van der Waals surface area contributed by atoms with E-state index in [0.29, 0.717) is 12.0 Å². The topological polar surface area (TPSA) is 52.6 Å². The number of aryl methyl sites for hydroxylation is 3. The van der Waals surface area contributed by atoms with Crippen LogP contribution in [-0.2, 0) is 11.2 Å². The van der Waals surface area contributed by atoms with Crippen LogP contribution < -0.4 is 4.74 Å². The van der Waals surface area contributed by atoms with Gasteiger partial charge in [0.05, 0.1) is 7.11 Å². The van der Waals surface area contributed by atoms with E-state index in [4.69, 9.17) is 4.74 Å². The van der Waals surface area contributed by atoms with Gasteiger partial charge in [-0.05, 0) is 61.1 Å². The summed E-state index contributed by atoms with van der Waals surface area (Å²) in [6, 6.07) is 10.9. The van der Waals surface area contributed by atoms with Crippen LogP contribution in [0.15, 0.2) is 36.4 Å². The van der Waals surface area contributed by atoms with E-state index in [2.05, 4.69) is 10.8 Å². The Morgan fingerprint density at radius 1 is 0.697 bits per heavy atom. The van der Waals surface area contributed by atoms with E-state index in [-0.39, 0.29) is 5.75 Å². The summed E-state index contributed by atoms with van der Waals surface area (Å²) in [5, 5.41) is 0. The summed E-state index contributed by atoms with van der Waals surface area (Å²) in [5.41, 5.74) is 1.60. The second-order valence-electron chi connectivity index (χ2n) is 7.58. The maximum Gasteiger partial charge on any atom is 0.349 e. The summed E-state index contributed by atoms with van der Waals surface area (Å²) in [4.78, 5) is 23.8. The molecule has 0 saturated heterocycles. The molecule has 0 fully saturated rings. The van der Waals surface area contributed by atoms with Gasteiger partial charge in [0.1, 0.15) is 16.9 Å². The summed E-state index contributed by atoms with van der Waals surface area (Å²) in [6.45, 7) is 5.63. The molecular weight excluding hydrogens is 440 g/mol. The van der Waals surface area contributed by atoms with Gasteiger partial charge < -0.3 is 9.47 Å². The van der Waals surface area contributed by atoms with Crippen LogP contribution >= 0.6 is 0 Å². The van der Waals surface area contributed by atoms with Gasteiger partial charge in [0.2, 0.25) is 0 Å². The van der Waals surface area contributed by atoms with Crippen molar-refractivity contribution in [1.29, 1.82) is 0 Å². The lowest BCUT2D eigenvalue weighted by Crippen LogP contribution is -2.20. The number of hydrogen-bond acceptors (Lipinski definition) is 4. The molecule has 0 aliphatic rings. The van der Waals surface area contributed by atoms with Gasteiger partial charge in [-0.15, -0.1) is 0 Å². The van der Waals surface area contributed by atoms with Gasteiger partial charge in [-0.25, -0.2) is 27.2 Å². The highest BCUT2D eigenvalue weighted by Gasteiger charge is 2.34. The molecule has 0 spiro atoms. The van der Waals surface area contributed by atoms with E-state index in [9.17, 15) is 27.2 Å². The van der Waals surface area contributed by atoms with Crippen molar-refractivity contribution in [2.45, 2.75) is 27.2 Å². The Labute approximate surface area is 187 Å². The van der Waals surface area contributed by atoms with Gasteiger partial charge >= 0.3 is 11.9 Å². The number of ether oxygens (including phenoxy) is 2. The maximum absolute atomic E-state index is 14.3. The first-order valence-electron chi connectivity index (χ1n) is 9.87. The molecule has 0 saturated carbocycles. The van der Waals surface area contributed by atoms with Crippen molar-refractivity contribution in [3.63, 3.8) is 0 Å². The van der Waals surface area contributed by atoms with Crippen molar-refractivity contribution < 1.29 is 36.6 Å². The van der Waals surface area contributed by atoms with Crippen molar-refractivity contribution in [2.75, 3.05) is 7.11 Å². The van der Waals surface area contributed by atoms with Gasteiger partial charge in [-0.3, -0.25) is 0 Å². The Balaban J connectivity index is 1.87. The number of benzene rings is 3. The van der Waals surface area contributed by atoms with Crippen molar-refractivity contribution in [3.8, 4) is 5.75 Å². The fourth-order valence-corrected chi connectivity index (χ4v) is 3.33. The number of esters is 2. The molecule has 0 atom stereocenters. The van der Waals surface area contributed by atoms with Crippen LogP contribution in [0, 0.1) is 44.0 Å². The van der Waals surface area contributed by atoms with Gasteiger partial charge in [0.25, 0.3) is 0 Å². The molecule has 0 aromatic heterocycles. The Bertz CT molecular complexity index is 1240. The molecule has 0 aliphatic carbocycles. The fourth-order valence-electron chi connectivity index (χ4n) is 3.33. The third kappa shape index (κ3) is 4.74. The molecule has 0 bridgehead atoms. The number of rotatable bonds is 5. The first-order valence-corrected chi connectivity index (χ1v) is 9.87. The number of carbonyl (C=O) groups excluding carboxylic acids is 2. The van der Waals surface area contributed by atoms with E-state index in [1.54, 1.807) is 19.1 Å². The second kappa shape index (κ2) is 9.44. The average Bonchev–Trinajstić information content (AvgIpc) is 2.77. The Morgan fingerprint density at radius 2 is 1.18 bits per heavy atom.